The maximum atomic E-state index is 5.86. The van der Waals surface area contributed by atoms with Crippen LogP contribution in [0.25, 0.3) is 10.8 Å². The first kappa shape index (κ1) is 14.6. The zero-order chi connectivity index (χ0) is 14.7. The molecule has 112 valence electrons. The van der Waals surface area contributed by atoms with Gasteiger partial charge in [-0.05, 0) is 53.5 Å². The monoisotopic (exact) mass is 281 g/mol. The van der Waals surface area contributed by atoms with Crippen molar-refractivity contribution in [1.82, 2.24) is 0 Å². The third-order valence-electron chi connectivity index (χ3n) is 5.61. The average Bonchev–Trinajstić information content (AvgIpc) is 2.55. The summed E-state index contributed by atoms with van der Waals surface area (Å²) in [6.07, 6.45) is 7.90. The number of nitrogens with two attached hydrogens (primary N) is 1. The maximum Gasteiger partial charge on any atom is -0.00207 e. The largest absolute Gasteiger partial charge is 0.330 e. The van der Waals surface area contributed by atoms with Gasteiger partial charge in [0.1, 0.15) is 0 Å². The minimum Gasteiger partial charge on any atom is -0.330 e. The van der Waals surface area contributed by atoms with E-state index in [1.807, 2.05) is 0 Å². The van der Waals surface area contributed by atoms with Crippen LogP contribution in [-0.2, 0) is 5.41 Å². The predicted octanol–water partition coefficient (Wildman–Crippen LogP) is 5.03. The van der Waals surface area contributed by atoms with Gasteiger partial charge >= 0.3 is 0 Å². The molecular formula is C20H27N. The molecule has 1 fully saturated rings. The van der Waals surface area contributed by atoms with Gasteiger partial charge in [0.15, 0.2) is 0 Å². The van der Waals surface area contributed by atoms with Crippen molar-refractivity contribution in [2.45, 2.75) is 50.9 Å². The van der Waals surface area contributed by atoms with Crippen LogP contribution < -0.4 is 5.73 Å². The molecule has 1 nitrogen and oxygen atoms in total. The van der Waals surface area contributed by atoms with Crippen molar-refractivity contribution in [2.24, 2.45) is 11.7 Å². The summed E-state index contributed by atoms with van der Waals surface area (Å²) in [5.74, 6) is 0.670. The molecule has 0 aliphatic heterocycles. The van der Waals surface area contributed by atoms with Gasteiger partial charge in [0.2, 0.25) is 0 Å². The lowest BCUT2D eigenvalue weighted by atomic mass is 9.61. The zero-order valence-electron chi connectivity index (χ0n) is 13.1. The molecule has 1 unspecified atom stereocenters. The van der Waals surface area contributed by atoms with E-state index in [-0.39, 0.29) is 0 Å². The Morgan fingerprint density at radius 3 is 2.43 bits per heavy atom. The Bertz CT molecular complexity index is 596. The van der Waals surface area contributed by atoms with Crippen LogP contribution in [0, 0.1) is 5.92 Å². The van der Waals surface area contributed by atoms with Gasteiger partial charge in [0.05, 0.1) is 0 Å². The summed E-state index contributed by atoms with van der Waals surface area (Å²) in [5, 5.41) is 2.72. The molecule has 0 amide bonds. The van der Waals surface area contributed by atoms with Crippen LogP contribution in [0.3, 0.4) is 0 Å². The normalized spacial score (nSPS) is 19.5. The highest BCUT2D eigenvalue weighted by atomic mass is 14.5. The summed E-state index contributed by atoms with van der Waals surface area (Å²) in [5.41, 5.74) is 7.76. The highest BCUT2D eigenvalue weighted by molar-refractivity contribution is 5.83. The van der Waals surface area contributed by atoms with Crippen molar-refractivity contribution >= 4 is 10.8 Å². The van der Waals surface area contributed by atoms with E-state index in [1.54, 1.807) is 5.56 Å². The van der Waals surface area contributed by atoms with E-state index in [4.69, 9.17) is 5.73 Å². The van der Waals surface area contributed by atoms with Gasteiger partial charge in [-0.15, -0.1) is 0 Å². The summed E-state index contributed by atoms with van der Waals surface area (Å²) in [7, 11) is 0. The molecule has 21 heavy (non-hydrogen) atoms. The van der Waals surface area contributed by atoms with Crippen molar-refractivity contribution in [1.29, 1.82) is 0 Å². The number of hydrogen-bond acceptors (Lipinski definition) is 1. The first-order valence-electron chi connectivity index (χ1n) is 8.46. The second kappa shape index (κ2) is 6.19. The Balaban J connectivity index is 2.04. The van der Waals surface area contributed by atoms with Crippen LogP contribution in [0.15, 0.2) is 42.5 Å². The van der Waals surface area contributed by atoms with Gasteiger partial charge < -0.3 is 5.73 Å². The molecule has 0 spiro atoms. The number of benzene rings is 2. The third-order valence-corrected chi connectivity index (χ3v) is 5.61. The predicted molar refractivity (Wildman–Crippen MR) is 91.5 cm³/mol. The molecule has 0 bridgehead atoms. The van der Waals surface area contributed by atoms with E-state index in [1.165, 1.54) is 42.9 Å². The van der Waals surface area contributed by atoms with Crippen molar-refractivity contribution in [3.8, 4) is 0 Å². The summed E-state index contributed by atoms with van der Waals surface area (Å²) in [6, 6.07) is 15.8. The Kier molecular flexibility index (Phi) is 4.30. The highest BCUT2D eigenvalue weighted by Crippen LogP contribution is 2.46. The van der Waals surface area contributed by atoms with Crippen LogP contribution in [0.2, 0.25) is 0 Å². The molecule has 1 aliphatic rings. The van der Waals surface area contributed by atoms with Gasteiger partial charge in [0.25, 0.3) is 0 Å². The lowest BCUT2D eigenvalue weighted by molar-refractivity contribution is 0.195. The van der Waals surface area contributed by atoms with Crippen LogP contribution in [0.4, 0.5) is 0 Å². The molecule has 2 aromatic carbocycles. The minimum atomic E-state index is 0.349. The Labute approximate surface area is 128 Å². The fourth-order valence-electron chi connectivity index (χ4n) is 4.27. The maximum absolute atomic E-state index is 5.86. The summed E-state index contributed by atoms with van der Waals surface area (Å²) >= 11 is 0. The molecule has 1 atom stereocenters. The van der Waals surface area contributed by atoms with E-state index in [0.29, 0.717) is 11.3 Å². The molecule has 0 aromatic heterocycles. The van der Waals surface area contributed by atoms with E-state index in [0.717, 1.165) is 13.0 Å². The summed E-state index contributed by atoms with van der Waals surface area (Å²) in [4.78, 5) is 0. The molecular weight excluding hydrogens is 254 g/mol. The molecule has 1 heteroatoms. The number of rotatable bonds is 4. The standard InChI is InChI=1S/C20H27N/c1-16(11-14-21)20(12-5-2-6-13-20)19-10-9-17-7-3-4-8-18(17)15-19/h3-4,7-10,15-16H,2,5-6,11-14,21H2,1H3. The fourth-order valence-corrected chi connectivity index (χ4v) is 4.27. The third kappa shape index (κ3) is 2.72. The second-order valence-corrected chi connectivity index (χ2v) is 6.76. The molecule has 2 N–H and O–H groups in total. The summed E-state index contributed by atoms with van der Waals surface area (Å²) in [6.45, 7) is 3.21. The van der Waals surface area contributed by atoms with Gasteiger partial charge in [-0.2, -0.15) is 0 Å². The second-order valence-electron chi connectivity index (χ2n) is 6.76. The highest BCUT2D eigenvalue weighted by Gasteiger charge is 2.38. The van der Waals surface area contributed by atoms with E-state index >= 15 is 0 Å². The number of fused-ring (bicyclic) bond motifs is 1. The molecule has 2 aromatic rings. The first-order chi connectivity index (χ1) is 10.3. The molecule has 3 rings (SSSR count). The Morgan fingerprint density at radius 1 is 1.00 bits per heavy atom. The van der Waals surface area contributed by atoms with Crippen molar-refractivity contribution < 1.29 is 0 Å². The van der Waals surface area contributed by atoms with Gasteiger partial charge in [-0.3, -0.25) is 0 Å². The van der Waals surface area contributed by atoms with Gasteiger partial charge in [-0.25, -0.2) is 0 Å². The summed E-state index contributed by atoms with van der Waals surface area (Å²) < 4.78 is 0. The van der Waals surface area contributed by atoms with Crippen molar-refractivity contribution in [2.75, 3.05) is 6.54 Å². The zero-order valence-corrected chi connectivity index (χ0v) is 13.1. The molecule has 0 radical (unpaired) electrons. The number of hydrogen-bond donors (Lipinski definition) is 1. The van der Waals surface area contributed by atoms with Crippen LogP contribution in [0.1, 0.15) is 51.0 Å². The van der Waals surface area contributed by atoms with E-state index < -0.39 is 0 Å². The molecule has 0 saturated heterocycles. The smallest absolute Gasteiger partial charge is 0.00207 e. The molecule has 1 aliphatic carbocycles. The Morgan fingerprint density at radius 2 is 1.71 bits per heavy atom. The topological polar surface area (TPSA) is 26.0 Å². The Hall–Kier alpha value is -1.34. The SMILES string of the molecule is CC(CCN)C1(c2ccc3ccccc3c2)CCCCC1. The van der Waals surface area contributed by atoms with Crippen LogP contribution in [0.5, 0.6) is 0 Å². The quantitative estimate of drug-likeness (QED) is 0.836. The lowest BCUT2D eigenvalue weighted by Crippen LogP contribution is -2.37. The molecule has 1 saturated carbocycles. The fraction of sp³-hybridized carbons (Fsp3) is 0.500. The van der Waals surface area contributed by atoms with Crippen molar-refractivity contribution in [3.63, 3.8) is 0 Å². The van der Waals surface area contributed by atoms with Gasteiger partial charge in [-0.1, -0.05) is 68.7 Å². The van der Waals surface area contributed by atoms with Gasteiger partial charge in [0, 0.05) is 0 Å². The van der Waals surface area contributed by atoms with E-state index in [9.17, 15) is 0 Å². The first-order valence-corrected chi connectivity index (χ1v) is 8.46. The molecule has 0 heterocycles. The van der Waals surface area contributed by atoms with E-state index in [2.05, 4.69) is 49.4 Å². The van der Waals surface area contributed by atoms with Crippen molar-refractivity contribution in [3.05, 3.63) is 48.0 Å². The average molecular weight is 281 g/mol. The van der Waals surface area contributed by atoms with Crippen LogP contribution >= 0.6 is 0 Å². The minimum absolute atomic E-state index is 0.349. The van der Waals surface area contributed by atoms with Crippen LogP contribution in [-0.4, -0.2) is 6.54 Å². The lowest BCUT2D eigenvalue weighted by Gasteiger charge is -2.43.